The van der Waals surface area contributed by atoms with Gasteiger partial charge in [-0.3, -0.25) is 0 Å². The highest BCUT2D eigenvalue weighted by molar-refractivity contribution is 9.10. The smallest absolute Gasteiger partial charge is 0.0992 e. The van der Waals surface area contributed by atoms with Gasteiger partial charge in [-0.15, -0.1) is 0 Å². The van der Waals surface area contributed by atoms with Gasteiger partial charge in [0.25, 0.3) is 0 Å². The second-order valence-corrected chi connectivity index (χ2v) is 5.68. The Labute approximate surface area is 116 Å². The monoisotopic (exact) mass is 308 g/mol. The highest BCUT2D eigenvalue weighted by atomic mass is 79.9. The van der Waals surface area contributed by atoms with Crippen LogP contribution in [0, 0.1) is 23.2 Å². The van der Waals surface area contributed by atoms with Crippen LogP contribution in [-0.2, 0) is 0 Å². The Morgan fingerprint density at radius 1 is 1.39 bits per heavy atom. The molecule has 2 unspecified atom stereocenters. The van der Waals surface area contributed by atoms with Crippen molar-refractivity contribution in [3.05, 3.63) is 28.2 Å². The minimum Gasteiger partial charge on any atom is -0.396 e. The fourth-order valence-corrected chi connectivity index (χ4v) is 3.11. The van der Waals surface area contributed by atoms with E-state index >= 15 is 0 Å². The first-order chi connectivity index (χ1) is 8.74. The molecule has 0 amide bonds. The molecule has 0 aromatic heterocycles. The zero-order valence-electron chi connectivity index (χ0n) is 10.2. The Morgan fingerprint density at radius 2 is 2.17 bits per heavy atom. The van der Waals surface area contributed by atoms with E-state index in [-0.39, 0.29) is 0 Å². The molecule has 0 radical (unpaired) electrons. The standard InChI is InChI=1S/C14H17BrN2O/c15-13-6-10(7-16)4-5-14(13)17-8-11-2-1-3-12(11)9-18/h4-6,11-12,17-18H,1-3,8-9H2. The molecule has 1 fully saturated rings. The average molecular weight is 309 g/mol. The molecule has 1 aromatic rings. The molecule has 2 atom stereocenters. The van der Waals surface area contributed by atoms with Gasteiger partial charge in [-0.2, -0.15) is 5.26 Å². The summed E-state index contributed by atoms with van der Waals surface area (Å²) in [4.78, 5) is 0. The molecule has 0 saturated heterocycles. The minimum absolute atomic E-state index is 0.293. The van der Waals surface area contributed by atoms with Crippen molar-refractivity contribution in [1.29, 1.82) is 5.26 Å². The number of nitrogens with one attached hydrogen (secondary N) is 1. The Bertz CT molecular complexity index is 456. The number of nitriles is 1. The fraction of sp³-hybridized carbons (Fsp3) is 0.500. The number of anilines is 1. The number of benzene rings is 1. The van der Waals surface area contributed by atoms with Crippen molar-refractivity contribution in [1.82, 2.24) is 0 Å². The third-order valence-corrected chi connectivity index (χ3v) is 4.36. The molecule has 2 rings (SSSR count). The van der Waals surface area contributed by atoms with Crippen LogP contribution in [0.1, 0.15) is 24.8 Å². The van der Waals surface area contributed by atoms with E-state index in [0.29, 0.717) is 24.0 Å². The third kappa shape index (κ3) is 3.04. The van der Waals surface area contributed by atoms with Crippen molar-refractivity contribution < 1.29 is 5.11 Å². The first kappa shape index (κ1) is 13.4. The van der Waals surface area contributed by atoms with Crippen LogP contribution in [0.2, 0.25) is 0 Å². The van der Waals surface area contributed by atoms with Crippen LogP contribution in [0.5, 0.6) is 0 Å². The number of halogens is 1. The molecule has 4 heteroatoms. The Balaban J connectivity index is 1.96. The van der Waals surface area contributed by atoms with E-state index in [0.717, 1.165) is 23.1 Å². The summed E-state index contributed by atoms with van der Waals surface area (Å²) in [5, 5.41) is 21.5. The van der Waals surface area contributed by atoms with Gasteiger partial charge in [0.15, 0.2) is 0 Å². The normalized spacial score (nSPS) is 22.7. The number of rotatable bonds is 4. The summed E-state index contributed by atoms with van der Waals surface area (Å²) >= 11 is 3.47. The molecular weight excluding hydrogens is 292 g/mol. The lowest BCUT2D eigenvalue weighted by atomic mass is 9.97. The van der Waals surface area contributed by atoms with Crippen molar-refractivity contribution >= 4 is 21.6 Å². The summed E-state index contributed by atoms with van der Waals surface area (Å²) in [6.45, 7) is 1.18. The zero-order valence-corrected chi connectivity index (χ0v) is 11.8. The fourth-order valence-electron chi connectivity index (χ4n) is 2.59. The molecule has 0 bridgehead atoms. The van der Waals surface area contributed by atoms with Gasteiger partial charge < -0.3 is 10.4 Å². The van der Waals surface area contributed by atoms with Gasteiger partial charge in [0.05, 0.1) is 11.6 Å². The molecule has 2 N–H and O–H groups in total. The highest BCUT2D eigenvalue weighted by Crippen LogP contribution is 2.32. The van der Waals surface area contributed by atoms with E-state index < -0.39 is 0 Å². The van der Waals surface area contributed by atoms with Crippen LogP contribution in [-0.4, -0.2) is 18.3 Å². The van der Waals surface area contributed by atoms with E-state index in [9.17, 15) is 5.11 Å². The molecule has 0 heterocycles. The molecule has 0 spiro atoms. The second-order valence-electron chi connectivity index (χ2n) is 4.82. The van der Waals surface area contributed by atoms with Crippen molar-refractivity contribution in [2.45, 2.75) is 19.3 Å². The van der Waals surface area contributed by atoms with E-state index in [1.165, 1.54) is 12.8 Å². The topological polar surface area (TPSA) is 56.0 Å². The lowest BCUT2D eigenvalue weighted by Gasteiger charge is -2.19. The lowest BCUT2D eigenvalue weighted by Crippen LogP contribution is -2.20. The molecular formula is C14H17BrN2O. The molecule has 1 aliphatic carbocycles. The molecule has 1 aliphatic rings. The summed E-state index contributed by atoms with van der Waals surface area (Å²) in [6, 6.07) is 7.67. The van der Waals surface area contributed by atoms with Gasteiger partial charge in [-0.25, -0.2) is 0 Å². The van der Waals surface area contributed by atoms with Crippen molar-refractivity contribution in [3.8, 4) is 6.07 Å². The number of nitrogens with zero attached hydrogens (tertiary/aromatic N) is 1. The summed E-state index contributed by atoms with van der Waals surface area (Å²) in [5.41, 5.74) is 1.67. The van der Waals surface area contributed by atoms with Gasteiger partial charge in [0, 0.05) is 23.3 Å². The van der Waals surface area contributed by atoms with Gasteiger partial charge in [0.2, 0.25) is 0 Å². The van der Waals surface area contributed by atoms with Crippen molar-refractivity contribution in [2.75, 3.05) is 18.5 Å². The van der Waals surface area contributed by atoms with Crippen molar-refractivity contribution in [2.24, 2.45) is 11.8 Å². The average Bonchev–Trinajstić information content (AvgIpc) is 2.84. The first-order valence-corrected chi connectivity index (χ1v) is 7.08. The van der Waals surface area contributed by atoms with E-state index in [4.69, 9.17) is 5.26 Å². The summed E-state index contributed by atoms with van der Waals surface area (Å²) < 4.78 is 0.917. The second kappa shape index (κ2) is 6.21. The molecule has 96 valence electrons. The van der Waals surface area contributed by atoms with Crippen LogP contribution in [0.25, 0.3) is 0 Å². The Morgan fingerprint density at radius 3 is 2.83 bits per heavy atom. The first-order valence-electron chi connectivity index (χ1n) is 6.29. The summed E-state index contributed by atoms with van der Waals surface area (Å²) in [5.74, 6) is 0.993. The summed E-state index contributed by atoms with van der Waals surface area (Å²) in [6.07, 6.45) is 3.54. The lowest BCUT2D eigenvalue weighted by molar-refractivity contribution is 0.199. The number of aliphatic hydroxyl groups excluding tert-OH is 1. The van der Waals surface area contributed by atoms with Crippen LogP contribution >= 0.6 is 15.9 Å². The van der Waals surface area contributed by atoms with Gasteiger partial charge >= 0.3 is 0 Å². The van der Waals surface area contributed by atoms with E-state index in [1.54, 1.807) is 0 Å². The Kier molecular flexibility index (Phi) is 4.62. The third-order valence-electron chi connectivity index (χ3n) is 3.70. The SMILES string of the molecule is N#Cc1ccc(NCC2CCCC2CO)c(Br)c1. The Hall–Kier alpha value is -1.05. The highest BCUT2D eigenvalue weighted by Gasteiger charge is 2.26. The predicted octanol–water partition coefficient (Wildman–Crippen LogP) is 3.14. The minimum atomic E-state index is 0.293. The molecule has 18 heavy (non-hydrogen) atoms. The number of aliphatic hydroxyl groups is 1. The zero-order chi connectivity index (χ0) is 13.0. The van der Waals surface area contributed by atoms with Gasteiger partial charge in [-0.05, 0) is 58.8 Å². The maximum absolute atomic E-state index is 9.28. The van der Waals surface area contributed by atoms with Crippen LogP contribution in [0.4, 0.5) is 5.69 Å². The number of hydrogen-bond donors (Lipinski definition) is 2. The molecule has 1 aromatic carbocycles. The maximum atomic E-state index is 9.28. The van der Waals surface area contributed by atoms with Crippen LogP contribution in [0.3, 0.4) is 0 Å². The van der Waals surface area contributed by atoms with Crippen molar-refractivity contribution in [3.63, 3.8) is 0 Å². The largest absolute Gasteiger partial charge is 0.396 e. The van der Waals surface area contributed by atoms with Gasteiger partial charge in [-0.1, -0.05) is 6.42 Å². The van der Waals surface area contributed by atoms with Crippen LogP contribution in [0.15, 0.2) is 22.7 Å². The number of hydrogen-bond acceptors (Lipinski definition) is 3. The van der Waals surface area contributed by atoms with E-state index in [1.807, 2.05) is 18.2 Å². The molecule has 0 aliphatic heterocycles. The van der Waals surface area contributed by atoms with E-state index in [2.05, 4.69) is 27.3 Å². The van der Waals surface area contributed by atoms with Crippen LogP contribution < -0.4 is 5.32 Å². The molecule has 1 saturated carbocycles. The maximum Gasteiger partial charge on any atom is 0.0992 e. The predicted molar refractivity (Wildman–Crippen MR) is 75.3 cm³/mol. The van der Waals surface area contributed by atoms with Gasteiger partial charge in [0.1, 0.15) is 0 Å². The summed E-state index contributed by atoms with van der Waals surface area (Å²) in [7, 11) is 0. The quantitative estimate of drug-likeness (QED) is 0.898. The molecule has 3 nitrogen and oxygen atoms in total.